The Balaban J connectivity index is 2.07. The molecule has 0 aliphatic heterocycles. The van der Waals surface area contributed by atoms with Gasteiger partial charge in [-0.3, -0.25) is 9.59 Å². The van der Waals surface area contributed by atoms with Crippen LogP contribution in [0.5, 0.6) is 11.5 Å². The molecule has 1 saturated carbocycles. The Hall–Kier alpha value is -1.56. The molecule has 138 valence electrons. The number of halogens is 1. The first-order chi connectivity index (χ1) is 11.9. The minimum Gasteiger partial charge on any atom is -0.493 e. The van der Waals surface area contributed by atoms with Crippen LogP contribution in [0.15, 0.2) is 16.6 Å². The normalized spacial score (nSPS) is 24.3. The fraction of sp³-hybridized carbons (Fsp3) is 0.579. The van der Waals surface area contributed by atoms with Gasteiger partial charge in [-0.2, -0.15) is 0 Å². The van der Waals surface area contributed by atoms with Gasteiger partial charge in [0.15, 0.2) is 23.9 Å². The summed E-state index contributed by atoms with van der Waals surface area (Å²) in [6, 6.07) is 3.42. The molecule has 1 aromatic rings. The highest BCUT2D eigenvalue weighted by Crippen LogP contribution is 2.34. The Bertz CT molecular complexity index is 634. The fourth-order valence-electron chi connectivity index (χ4n) is 3.22. The average Bonchev–Trinajstić information content (AvgIpc) is 2.59. The van der Waals surface area contributed by atoms with Gasteiger partial charge < -0.3 is 14.8 Å². The van der Waals surface area contributed by atoms with Crippen molar-refractivity contribution in [1.29, 1.82) is 0 Å². The summed E-state index contributed by atoms with van der Waals surface area (Å²) in [6.45, 7) is 6.12. The van der Waals surface area contributed by atoms with Gasteiger partial charge in [-0.25, -0.2) is 0 Å². The molecule has 1 aliphatic carbocycles. The van der Waals surface area contributed by atoms with E-state index in [1.165, 1.54) is 13.5 Å². The second kappa shape index (κ2) is 8.70. The predicted octanol–water partition coefficient (Wildman–Crippen LogP) is 3.98. The van der Waals surface area contributed by atoms with Crippen molar-refractivity contribution in [3.05, 3.63) is 22.2 Å². The van der Waals surface area contributed by atoms with Gasteiger partial charge >= 0.3 is 0 Å². The topological polar surface area (TPSA) is 64.6 Å². The standard InChI is InChI=1S/C19H26BrNO4/c1-11-6-5-7-16(12(11)2)21-19(23)13(3)25-18-8-14(10-22)15(20)9-17(18)24-4/h8-13,16H,5-7H2,1-4H3,(H,21,23)/t11-,12+,13+,16+/m0/s1. The largest absolute Gasteiger partial charge is 0.493 e. The van der Waals surface area contributed by atoms with Crippen molar-refractivity contribution >= 4 is 28.1 Å². The van der Waals surface area contributed by atoms with Gasteiger partial charge in [0, 0.05) is 16.1 Å². The van der Waals surface area contributed by atoms with Gasteiger partial charge in [0.25, 0.3) is 5.91 Å². The summed E-state index contributed by atoms with van der Waals surface area (Å²) in [7, 11) is 1.52. The van der Waals surface area contributed by atoms with E-state index in [0.29, 0.717) is 33.4 Å². The van der Waals surface area contributed by atoms with Crippen LogP contribution in [0, 0.1) is 11.8 Å². The van der Waals surface area contributed by atoms with E-state index in [1.807, 2.05) is 0 Å². The number of carbonyl (C=O) groups is 2. The lowest BCUT2D eigenvalue weighted by Crippen LogP contribution is -2.48. The molecule has 1 N–H and O–H groups in total. The maximum Gasteiger partial charge on any atom is 0.261 e. The molecule has 0 unspecified atom stereocenters. The van der Waals surface area contributed by atoms with Gasteiger partial charge in [-0.1, -0.05) is 26.7 Å². The number of hydrogen-bond donors (Lipinski definition) is 1. The maximum absolute atomic E-state index is 12.5. The Morgan fingerprint density at radius 1 is 1.32 bits per heavy atom. The smallest absolute Gasteiger partial charge is 0.261 e. The van der Waals surface area contributed by atoms with Crippen LogP contribution in [0.1, 0.15) is 50.4 Å². The zero-order valence-corrected chi connectivity index (χ0v) is 16.8. The lowest BCUT2D eigenvalue weighted by atomic mass is 9.78. The van der Waals surface area contributed by atoms with E-state index in [9.17, 15) is 9.59 Å². The molecular formula is C19H26BrNO4. The van der Waals surface area contributed by atoms with Crippen molar-refractivity contribution in [2.45, 2.75) is 52.2 Å². The van der Waals surface area contributed by atoms with E-state index in [1.54, 1.807) is 19.1 Å². The number of aldehydes is 1. The molecule has 6 heteroatoms. The van der Waals surface area contributed by atoms with E-state index < -0.39 is 6.10 Å². The summed E-state index contributed by atoms with van der Waals surface area (Å²) >= 11 is 3.31. The highest BCUT2D eigenvalue weighted by atomic mass is 79.9. The van der Waals surface area contributed by atoms with E-state index >= 15 is 0 Å². The van der Waals surface area contributed by atoms with Crippen molar-refractivity contribution in [2.24, 2.45) is 11.8 Å². The average molecular weight is 412 g/mol. The van der Waals surface area contributed by atoms with Crippen LogP contribution in [0.25, 0.3) is 0 Å². The van der Waals surface area contributed by atoms with Crippen molar-refractivity contribution in [2.75, 3.05) is 7.11 Å². The van der Waals surface area contributed by atoms with Crippen molar-refractivity contribution in [3.8, 4) is 11.5 Å². The third-order valence-corrected chi connectivity index (χ3v) is 5.80. The first kappa shape index (κ1) is 19.8. The summed E-state index contributed by atoms with van der Waals surface area (Å²) in [4.78, 5) is 23.7. The van der Waals surface area contributed by atoms with Crippen molar-refractivity contribution < 1.29 is 19.1 Å². The third kappa shape index (κ3) is 4.75. The molecule has 0 spiro atoms. The predicted molar refractivity (Wildman–Crippen MR) is 100 cm³/mol. The first-order valence-electron chi connectivity index (χ1n) is 8.67. The van der Waals surface area contributed by atoms with Crippen LogP contribution in [-0.2, 0) is 4.79 Å². The van der Waals surface area contributed by atoms with Crippen LogP contribution >= 0.6 is 15.9 Å². The number of methoxy groups -OCH3 is 1. The molecule has 0 heterocycles. The first-order valence-corrected chi connectivity index (χ1v) is 9.46. The van der Waals surface area contributed by atoms with E-state index in [0.717, 1.165) is 19.1 Å². The summed E-state index contributed by atoms with van der Waals surface area (Å²) in [5.41, 5.74) is 0.443. The number of ether oxygens (including phenoxy) is 2. The molecule has 2 rings (SSSR count). The fourth-order valence-corrected chi connectivity index (χ4v) is 3.64. The van der Waals surface area contributed by atoms with Crippen LogP contribution in [0.3, 0.4) is 0 Å². The lowest BCUT2D eigenvalue weighted by Gasteiger charge is -2.35. The Morgan fingerprint density at radius 2 is 2.04 bits per heavy atom. The zero-order valence-electron chi connectivity index (χ0n) is 15.2. The van der Waals surface area contributed by atoms with Gasteiger partial charge in [-0.15, -0.1) is 0 Å². The van der Waals surface area contributed by atoms with E-state index in [-0.39, 0.29) is 11.9 Å². The Kier molecular flexibility index (Phi) is 6.87. The molecule has 25 heavy (non-hydrogen) atoms. The monoisotopic (exact) mass is 411 g/mol. The van der Waals surface area contributed by atoms with Crippen LogP contribution in [0.4, 0.5) is 0 Å². The summed E-state index contributed by atoms with van der Waals surface area (Å²) < 4.78 is 11.7. The van der Waals surface area contributed by atoms with Crippen molar-refractivity contribution in [3.63, 3.8) is 0 Å². The number of hydrogen-bond acceptors (Lipinski definition) is 4. The Morgan fingerprint density at radius 3 is 2.68 bits per heavy atom. The molecule has 0 bridgehead atoms. The van der Waals surface area contributed by atoms with Crippen LogP contribution in [-0.4, -0.2) is 31.4 Å². The molecular weight excluding hydrogens is 386 g/mol. The minimum atomic E-state index is -0.681. The highest BCUT2D eigenvalue weighted by Gasteiger charge is 2.30. The zero-order chi connectivity index (χ0) is 18.6. The second-order valence-corrected chi connectivity index (χ2v) is 7.64. The molecule has 1 aromatic carbocycles. The van der Waals surface area contributed by atoms with Gasteiger partial charge in [0.05, 0.1) is 7.11 Å². The molecule has 0 radical (unpaired) electrons. The summed E-state index contributed by atoms with van der Waals surface area (Å²) in [5, 5.41) is 3.11. The molecule has 4 atom stereocenters. The number of amides is 1. The van der Waals surface area contributed by atoms with Gasteiger partial charge in [0.2, 0.25) is 0 Å². The van der Waals surface area contributed by atoms with Gasteiger partial charge in [0.1, 0.15) is 0 Å². The lowest BCUT2D eigenvalue weighted by molar-refractivity contribution is -0.128. The quantitative estimate of drug-likeness (QED) is 0.718. The highest BCUT2D eigenvalue weighted by molar-refractivity contribution is 9.10. The van der Waals surface area contributed by atoms with Gasteiger partial charge in [-0.05, 0) is 53.2 Å². The van der Waals surface area contributed by atoms with Crippen LogP contribution < -0.4 is 14.8 Å². The summed E-state index contributed by atoms with van der Waals surface area (Å²) in [5.74, 6) is 1.76. The number of nitrogens with one attached hydrogen (secondary N) is 1. The molecule has 1 amide bonds. The molecule has 5 nitrogen and oxygen atoms in total. The number of carbonyl (C=O) groups excluding carboxylic acids is 2. The van der Waals surface area contributed by atoms with E-state index in [2.05, 4.69) is 35.1 Å². The Labute approximate surface area is 157 Å². The maximum atomic E-state index is 12.5. The molecule has 0 saturated heterocycles. The van der Waals surface area contributed by atoms with Crippen LogP contribution in [0.2, 0.25) is 0 Å². The van der Waals surface area contributed by atoms with Crippen molar-refractivity contribution in [1.82, 2.24) is 5.32 Å². The number of rotatable bonds is 6. The summed E-state index contributed by atoms with van der Waals surface area (Å²) in [6.07, 6.45) is 3.39. The molecule has 1 fully saturated rings. The molecule has 0 aromatic heterocycles. The number of benzene rings is 1. The molecule has 1 aliphatic rings. The SMILES string of the molecule is COc1cc(Br)c(C=O)cc1O[C@H](C)C(=O)N[C@@H]1CCC[C@H](C)[C@H]1C. The minimum absolute atomic E-state index is 0.149. The third-order valence-electron chi connectivity index (χ3n) is 5.12. The van der Waals surface area contributed by atoms with E-state index in [4.69, 9.17) is 9.47 Å². The second-order valence-electron chi connectivity index (χ2n) is 6.78.